The predicted molar refractivity (Wildman–Crippen MR) is 146 cm³/mol. The molecular weight excluding hydrogens is 480 g/mol. The molecule has 0 atom stereocenters. The number of rotatable bonds is 8. The summed E-state index contributed by atoms with van der Waals surface area (Å²) in [7, 11) is 1.30. The van der Waals surface area contributed by atoms with Gasteiger partial charge in [0.2, 0.25) is 0 Å². The zero-order chi connectivity index (χ0) is 27.2. The van der Waals surface area contributed by atoms with Crippen LogP contribution in [0.1, 0.15) is 29.2 Å². The SMILES string of the molecule is COC(=O)C1=C(C)N(Cc2ccc(C)cc2)C(=O)/C1=C\c1ccc(OCC(=O)Nc2ccc(C)cc2)cc1. The van der Waals surface area contributed by atoms with Gasteiger partial charge in [0, 0.05) is 11.4 Å². The molecule has 194 valence electrons. The van der Waals surface area contributed by atoms with Crippen molar-refractivity contribution in [2.45, 2.75) is 27.3 Å². The van der Waals surface area contributed by atoms with Crippen molar-refractivity contribution >= 4 is 29.5 Å². The van der Waals surface area contributed by atoms with E-state index in [1.165, 1.54) is 7.11 Å². The van der Waals surface area contributed by atoms with Gasteiger partial charge >= 0.3 is 5.97 Å². The number of allylic oxidation sites excluding steroid dienone is 1. The molecule has 0 saturated heterocycles. The number of hydrogen-bond donors (Lipinski definition) is 1. The van der Waals surface area contributed by atoms with E-state index in [1.807, 2.05) is 62.4 Å². The molecule has 0 bridgehead atoms. The summed E-state index contributed by atoms with van der Waals surface area (Å²) in [6.07, 6.45) is 1.67. The van der Waals surface area contributed by atoms with Crippen molar-refractivity contribution in [3.8, 4) is 5.75 Å². The smallest absolute Gasteiger partial charge is 0.340 e. The van der Waals surface area contributed by atoms with Crippen molar-refractivity contribution in [2.24, 2.45) is 0 Å². The zero-order valence-electron chi connectivity index (χ0n) is 21.9. The molecule has 0 aliphatic carbocycles. The molecule has 3 aromatic carbocycles. The van der Waals surface area contributed by atoms with Crippen LogP contribution in [0.15, 0.2) is 89.6 Å². The number of carbonyl (C=O) groups is 3. The standard InChI is InChI=1S/C31H30N2O5/c1-20-5-9-24(10-6-20)18-33-22(3)29(31(36)37-4)27(30(33)35)17-23-11-15-26(16-12-23)38-19-28(34)32-25-13-7-21(2)8-14-25/h5-17H,18-19H2,1-4H3,(H,32,34)/b27-17-. The molecule has 4 rings (SSSR count). The first-order valence-electron chi connectivity index (χ1n) is 12.2. The van der Waals surface area contributed by atoms with E-state index in [0.29, 0.717) is 29.2 Å². The van der Waals surface area contributed by atoms with Crippen molar-refractivity contribution in [1.82, 2.24) is 4.90 Å². The Morgan fingerprint density at radius 1 is 0.868 bits per heavy atom. The Morgan fingerprint density at radius 3 is 2.08 bits per heavy atom. The summed E-state index contributed by atoms with van der Waals surface area (Å²) in [5.41, 5.74) is 5.67. The number of nitrogens with one attached hydrogen (secondary N) is 1. The van der Waals surface area contributed by atoms with Crippen LogP contribution in [0.5, 0.6) is 5.75 Å². The molecule has 2 amide bonds. The third-order valence-electron chi connectivity index (χ3n) is 6.26. The van der Waals surface area contributed by atoms with Gasteiger partial charge < -0.3 is 19.7 Å². The molecule has 1 aliphatic heterocycles. The van der Waals surface area contributed by atoms with E-state index in [0.717, 1.165) is 16.7 Å². The Bertz CT molecular complexity index is 1400. The number of esters is 1. The summed E-state index contributed by atoms with van der Waals surface area (Å²) >= 11 is 0. The second-order valence-electron chi connectivity index (χ2n) is 9.16. The summed E-state index contributed by atoms with van der Waals surface area (Å²) in [4.78, 5) is 39.8. The molecule has 3 aromatic rings. The van der Waals surface area contributed by atoms with E-state index in [1.54, 1.807) is 42.2 Å². The van der Waals surface area contributed by atoms with Gasteiger partial charge in [-0.3, -0.25) is 9.59 Å². The largest absolute Gasteiger partial charge is 0.484 e. The number of aryl methyl sites for hydroxylation is 2. The number of ether oxygens (including phenoxy) is 2. The Morgan fingerprint density at radius 2 is 1.47 bits per heavy atom. The van der Waals surface area contributed by atoms with Crippen molar-refractivity contribution in [2.75, 3.05) is 19.0 Å². The first kappa shape index (κ1) is 26.4. The van der Waals surface area contributed by atoms with Crippen LogP contribution in [-0.4, -0.2) is 36.4 Å². The van der Waals surface area contributed by atoms with Gasteiger partial charge in [0.15, 0.2) is 6.61 Å². The number of nitrogens with zero attached hydrogens (tertiary/aromatic N) is 1. The second kappa shape index (κ2) is 11.6. The summed E-state index contributed by atoms with van der Waals surface area (Å²) in [5.74, 6) is -0.594. The first-order valence-corrected chi connectivity index (χ1v) is 12.2. The molecule has 1 heterocycles. The quantitative estimate of drug-likeness (QED) is 0.333. The summed E-state index contributed by atoms with van der Waals surface area (Å²) in [6.45, 7) is 5.93. The maximum absolute atomic E-state index is 13.4. The van der Waals surface area contributed by atoms with Gasteiger partial charge in [-0.25, -0.2) is 4.79 Å². The monoisotopic (exact) mass is 510 g/mol. The van der Waals surface area contributed by atoms with E-state index in [-0.39, 0.29) is 29.6 Å². The summed E-state index contributed by atoms with van der Waals surface area (Å²) in [5, 5.41) is 2.79. The maximum atomic E-state index is 13.4. The average Bonchev–Trinajstić information content (AvgIpc) is 3.14. The minimum atomic E-state index is -0.562. The van der Waals surface area contributed by atoms with Crippen molar-refractivity contribution < 1.29 is 23.9 Å². The molecule has 0 aromatic heterocycles. The van der Waals surface area contributed by atoms with Crippen LogP contribution in [-0.2, 0) is 25.7 Å². The molecule has 0 unspecified atom stereocenters. The minimum absolute atomic E-state index is 0.144. The highest BCUT2D eigenvalue weighted by Gasteiger charge is 2.36. The highest BCUT2D eigenvalue weighted by atomic mass is 16.5. The van der Waals surface area contributed by atoms with Crippen LogP contribution in [0.4, 0.5) is 5.69 Å². The van der Waals surface area contributed by atoms with Gasteiger partial charge in [0.25, 0.3) is 11.8 Å². The van der Waals surface area contributed by atoms with Crippen LogP contribution >= 0.6 is 0 Å². The van der Waals surface area contributed by atoms with Gasteiger partial charge in [0.1, 0.15) is 5.75 Å². The van der Waals surface area contributed by atoms with Crippen LogP contribution in [0.3, 0.4) is 0 Å². The minimum Gasteiger partial charge on any atom is -0.484 e. The highest BCUT2D eigenvalue weighted by Crippen LogP contribution is 2.33. The lowest BCUT2D eigenvalue weighted by molar-refractivity contribution is -0.136. The van der Waals surface area contributed by atoms with Crippen molar-refractivity contribution in [3.63, 3.8) is 0 Å². The maximum Gasteiger partial charge on any atom is 0.340 e. The molecule has 38 heavy (non-hydrogen) atoms. The second-order valence-corrected chi connectivity index (χ2v) is 9.16. The van der Waals surface area contributed by atoms with E-state index < -0.39 is 5.97 Å². The van der Waals surface area contributed by atoms with E-state index in [2.05, 4.69) is 5.32 Å². The first-order chi connectivity index (χ1) is 18.2. The van der Waals surface area contributed by atoms with Gasteiger partial charge in [-0.05, 0) is 62.2 Å². The number of carbonyl (C=O) groups excluding carboxylic acids is 3. The fourth-order valence-electron chi connectivity index (χ4n) is 4.10. The lowest BCUT2D eigenvalue weighted by atomic mass is 10.0. The third-order valence-corrected chi connectivity index (χ3v) is 6.26. The molecule has 0 spiro atoms. The fraction of sp³-hybridized carbons (Fsp3) is 0.194. The lowest BCUT2D eigenvalue weighted by Crippen LogP contribution is -2.24. The normalized spacial score (nSPS) is 14.2. The lowest BCUT2D eigenvalue weighted by Gasteiger charge is -2.18. The summed E-state index contributed by atoms with van der Waals surface area (Å²) < 4.78 is 10.6. The van der Waals surface area contributed by atoms with Crippen molar-refractivity contribution in [1.29, 1.82) is 0 Å². The Kier molecular flexibility index (Phi) is 8.06. The van der Waals surface area contributed by atoms with Crippen LogP contribution in [0.2, 0.25) is 0 Å². The number of amides is 2. The molecule has 0 saturated carbocycles. The molecule has 7 heteroatoms. The Balaban J connectivity index is 1.46. The molecular formula is C31H30N2O5. The number of anilines is 1. The van der Waals surface area contributed by atoms with E-state index in [4.69, 9.17) is 9.47 Å². The predicted octanol–water partition coefficient (Wildman–Crippen LogP) is 5.19. The van der Waals surface area contributed by atoms with E-state index >= 15 is 0 Å². The van der Waals surface area contributed by atoms with Gasteiger partial charge in [-0.15, -0.1) is 0 Å². The fourth-order valence-corrected chi connectivity index (χ4v) is 4.10. The molecule has 1 N–H and O–H groups in total. The average molecular weight is 511 g/mol. The molecule has 0 fully saturated rings. The van der Waals surface area contributed by atoms with E-state index in [9.17, 15) is 14.4 Å². The Labute approximate surface area is 222 Å². The van der Waals surface area contributed by atoms with Crippen molar-refractivity contribution in [3.05, 3.63) is 112 Å². The topological polar surface area (TPSA) is 84.9 Å². The van der Waals surface area contributed by atoms with Crippen LogP contribution < -0.4 is 10.1 Å². The van der Waals surface area contributed by atoms with Gasteiger partial charge in [0.05, 0.1) is 24.8 Å². The van der Waals surface area contributed by atoms with Gasteiger partial charge in [-0.2, -0.15) is 0 Å². The van der Waals surface area contributed by atoms with Crippen LogP contribution in [0.25, 0.3) is 6.08 Å². The van der Waals surface area contributed by atoms with Crippen LogP contribution in [0, 0.1) is 13.8 Å². The van der Waals surface area contributed by atoms with Gasteiger partial charge in [-0.1, -0.05) is 59.7 Å². The molecule has 0 radical (unpaired) electrons. The highest BCUT2D eigenvalue weighted by molar-refractivity contribution is 6.16. The number of methoxy groups -OCH3 is 1. The summed E-state index contributed by atoms with van der Waals surface area (Å²) in [6, 6.07) is 22.4. The molecule has 1 aliphatic rings. The number of benzene rings is 3. The third kappa shape index (κ3) is 6.18. The Hall–Kier alpha value is -4.65. The zero-order valence-corrected chi connectivity index (χ0v) is 21.9. The molecule has 7 nitrogen and oxygen atoms in total. The number of hydrogen-bond acceptors (Lipinski definition) is 5.